The van der Waals surface area contributed by atoms with Crippen molar-refractivity contribution >= 4 is 153 Å². The molecule has 16 heteroatoms. The number of nitrogens with zero attached hydrogens (tertiary/aromatic N) is 4. The van der Waals surface area contributed by atoms with Crippen LogP contribution >= 0.6 is 135 Å². The Balaban J connectivity index is 5.98. The summed E-state index contributed by atoms with van der Waals surface area (Å²) in [6.07, 6.45) is 0. The highest BCUT2D eigenvalue weighted by atomic mass is 33.2. The van der Waals surface area contributed by atoms with E-state index in [0.717, 1.165) is 23.0 Å². The van der Waals surface area contributed by atoms with Crippen LogP contribution < -0.4 is 0 Å². The van der Waals surface area contributed by atoms with Crippen molar-refractivity contribution in [2.24, 2.45) is 5.41 Å². The van der Waals surface area contributed by atoms with E-state index in [1.165, 1.54) is 0 Å². The Morgan fingerprint density at radius 1 is 0.545 bits per heavy atom. The van der Waals surface area contributed by atoms with E-state index in [-0.39, 0.29) is 8.83 Å². The van der Waals surface area contributed by atoms with Gasteiger partial charge in [-0.3, -0.25) is 0 Å². The highest BCUT2D eigenvalue weighted by molar-refractivity contribution is 8.99. The molecule has 0 bridgehead atoms. The van der Waals surface area contributed by atoms with Crippen LogP contribution in [0.15, 0.2) is 0 Å². The Morgan fingerprint density at radius 2 is 0.818 bits per heavy atom. The minimum absolute atomic E-state index is 0.134. The molecule has 0 atom stereocenters. The van der Waals surface area contributed by atoms with Crippen molar-refractivity contribution < 1.29 is 0 Å². The first-order chi connectivity index (χ1) is 15.1. The second-order valence-corrected chi connectivity index (χ2v) is 20.6. The zero-order chi connectivity index (χ0) is 26.0. The minimum atomic E-state index is -0.319. The standard InChI is InChI=1S/C17H32N4S12/c1-16(2,11-26-27-12(22)18(3)4)17(31-28-13(23)19(5)6,32-29-14(24)20(7)8)33-30-15(25)21(9)10/h11H2,1-10H3. The lowest BCUT2D eigenvalue weighted by Gasteiger charge is -2.43. The molecule has 33 heavy (non-hydrogen) atoms. The fraction of sp³-hybridized carbons (Fsp3) is 0.765. The van der Waals surface area contributed by atoms with Crippen LogP contribution in [-0.2, 0) is 0 Å². The third-order valence-electron chi connectivity index (χ3n) is 3.51. The third kappa shape index (κ3) is 13.1. The summed E-state index contributed by atoms with van der Waals surface area (Å²) in [6, 6.07) is 0. The molecule has 0 heterocycles. The summed E-state index contributed by atoms with van der Waals surface area (Å²) in [6.45, 7) is 4.59. The van der Waals surface area contributed by atoms with E-state index in [9.17, 15) is 0 Å². The van der Waals surface area contributed by atoms with E-state index in [2.05, 4.69) is 13.8 Å². The van der Waals surface area contributed by atoms with Gasteiger partial charge in [0.1, 0.15) is 20.7 Å². The fourth-order valence-electron chi connectivity index (χ4n) is 1.27. The second-order valence-electron chi connectivity index (χ2n) is 7.93. The molecule has 192 valence electrons. The summed E-state index contributed by atoms with van der Waals surface area (Å²) in [4.78, 5) is 7.87. The van der Waals surface area contributed by atoms with Crippen molar-refractivity contribution in [2.75, 3.05) is 62.1 Å². The molecule has 0 saturated heterocycles. The molecule has 0 N–H and O–H groups in total. The Hall–Kier alpha value is 2.36. The van der Waals surface area contributed by atoms with Gasteiger partial charge < -0.3 is 19.6 Å². The van der Waals surface area contributed by atoms with Gasteiger partial charge in [-0.25, -0.2) is 0 Å². The van der Waals surface area contributed by atoms with Crippen molar-refractivity contribution in [1.29, 1.82) is 0 Å². The normalized spacial score (nSPS) is 11.7. The van der Waals surface area contributed by atoms with Crippen molar-refractivity contribution in [3.8, 4) is 0 Å². The van der Waals surface area contributed by atoms with Gasteiger partial charge in [0.15, 0.2) is 0 Å². The first-order valence-corrected chi connectivity index (χ1v) is 19.7. The molecular weight excluding hydrogens is 645 g/mol. The maximum atomic E-state index is 5.61. The van der Waals surface area contributed by atoms with Crippen molar-refractivity contribution in [1.82, 2.24) is 19.6 Å². The Labute approximate surface area is 254 Å². The molecule has 0 fully saturated rings. The van der Waals surface area contributed by atoms with E-state index < -0.39 is 0 Å². The molecule has 0 aliphatic carbocycles. The van der Waals surface area contributed by atoms with Gasteiger partial charge in [-0.15, -0.1) is 0 Å². The number of hydrogen-bond donors (Lipinski definition) is 0. The van der Waals surface area contributed by atoms with Gasteiger partial charge >= 0.3 is 0 Å². The van der Waals surface area contributed by atoms with Gasteiger partial charge in [-0.2, -0.15) is 0 Å². The van der Waals surface area contributed by atoms with E-state index in [0.29, 0.717) is 0 Å². The lowest BCUT2D eigenvalue weighted by Crippen LogP contribution is -2.37. The van der Waals surface area contributed by atoms with Crippen LogP contribution in [0.2, 0.25) is 0 Å². The highest BCUT2D eigenvalue weighted by Crippen LogP contribution is 2.68. The van der Waals surface area contributed by atoms with Gasteiger partial charge in [-0.1, -0.05) is 106 Å². The molecule has 0 aliphatic heterocycles. The fourth-order valence-corrected chi connectivity index (χ4v) is 17.6. The molecule has 4 nitrogen and oxygen atoms in total. The summed E-state index contributed by atoms with van der Waals surface area (Å²) >= 11 is 22.3. The maximum absolute atomic E-state index is 5.61. The quantitative estimate of drug-likeness (QED) is 0.128. The van der Waals surface area contributed by atoms with Gasteiger partial charge in [0.25, 0.3) is 0 Å². The molecule has 0 radical (unpaired) electrons. The molecular formula is C17H32N4S12. The highest BCUT2D eigenvalue weighted by Gasteiger charge is 2.49. The molecule has 0 spiro atoms. The van der Waals surface area contributed by atoms with Gasteiger partial charge in [-0.05, 0) is 43.2 Å². The lowest BCUT2D eigenvalue weighted by molar-refractivity contribution is 0.454. The first-order valence-electron chi connectivity index (χ1n) is 9.28. The molecule has 0 aromatic heterocycles. The van der Waals surface area contributed by atoms with E-state index in [1.807, 2.05) is 76.0 Å². The second kappa shape index (κ2) is 17.0. The molecule has 0 rings (SSSR count). The van der Waals surface area contributed by atoms with Crippen LogP contribution in [0.1, 0.15) is 13.8 Å². The van der Waals surface area contributed by atoms with E-state index in [4.69, 9.17) is 48.9 Å². The molecule has 0 saturated carbocycles. The monoisotopic (exact) mass is 676 g/mol. The first kappa shape index (κ1) is 35.4. The third-order valence-corrected chi connectivity index (χ3v) is 21.8. The Morgan fingerprint density at radius 3 is 1.09 bits per heavy atom. The van der Waals surface area contributed by atoms with Crippen LogP contribution in [0, 0.1) is 5.41 Å². The topological polar surface area (TPSA) is 13.0 Å². The number of thiocarbonyl (C=S) groups is 4. The summed E-state index contributed by atoms with van der Waals surface area (Å²) in [5.74, 6) is 0.887. The molecule has 0 aromatic rings. The minimum Gasteiger partial charge on any atom is -0.363 e. The smallest absolute Gasteiger partial charge is 0.146 e. The van der Waals surface area contributed by atoms with Crippen LogP contribution in [0.3, 0.4) is 0 Å². The van der Waals surface area contributed by atoms with Crippen LogP contribution in [-0.4, -0.2) is 102 Å². The zero-order valence-electron chi connectivity index (χ0n) is 20.4. The summed E-state index contributed by atoms with van der Waals surface area (Å²) in [5, 5.41) is 0. The number of hydrogen-bond acceptors (Lipinski definition) is 12. The van der Waals surface area contributed by atoms with Gasteiger partial charge in [0.2, 0.25) is 0 Å². The van der Waals surface area contributed by atoms with Gasteiger partial charge in [0.05, 0.1) is 0 Å². The molecule has 0 amide bonds. The van der Waals surface area contributed by atoms with Crippen molar-refractivity contribution in [3.63, 3.8) is 0 Å². The predicted molar refractivity (Wildman–Crippen MR) is 187 cm³/mol. The van der Waals surface area contributed by atoms with E-state index >= 15 is 0 Å². The molecule has 0 aromatic carbocycles. The number of rotatable bonds is 10. The van der Waals surface area contributed by atoms with Crippen LogP contribution in [0.4, 0.5) is 0 Å². The predicted octanol–water partition coefficient (Wildman–Crippen LogP) is 7.58. The van der Waals surface area contributed by atoms with Crippen LogP contribution in [0.25, 0.3) is 0 Å². The SMILES string of the molecule is CN(C)C(=S)SSCC(C)(C)C(SSC(=S)N(C)C)(SSC(=S)N(C)C)SSC(=S)N(C)C. The Bertz CT molecular complexity index is 621. The summed E-state index contributed by atoms with van der Waals surface area (Å²) in [5.41, 5.74) is -0.134. The largest absolute Gasteiger partial charge is 0.363 e. The average Bonchev–Trinajstić information content (AvgIpc) is 2.71. The molecule has 0 unspecified atom stereocenters. The van der Waals surface area contributed by atoms with Crippen LogP contribution in [0.5, 0.6) is 0 Å². The maximum Gasteiger partial charge on any atom is 0.146 e. The average molecular weight is 677 g/mol. The summed E-state index contributed by atoms with van der Waals surface area (Å²) in [7, 11) is 29.4. The Kier molecular flexibility index (Phi) is 18.3. The van der Waals surface area contributed by atoms with Gasteiger partial charge in [0, 0.05) is 67.5 Å². The van der Waals surface area contributed by atoms with Crippen molar-refractivity contribution in [2.45, 2.75) is 17.3 Å². The van der Waals surface area contributed by atoms with E-state index in [1.54, 1.807) is 86.4 Å². The zero-order valence-corrected chi connectivity index (χ0v) is 30.2. The van der Waals surface area contributed by atoms with Crippen molar-refractivity contribution in [3.05, 3.63) is 0 Å². The summed E-state index contributed by atoms with van der Waals surface area (Å²) < 4.78 is 3.04. The molecule has 0 aliphatic rings. The lowest BCUT2D eigenvalue weighted by atomic mass is 9.99.